The first-order chi connectivity index (χ1) is 10.2. The lowest BCUT2D eigenvalue weighted by Gasteiger charge is -2.26. The summed E-state index contributed by atoms with van der Waals surface area (Å²) in [6, 6.07) is 5.66. The zero-order valence-corrected chi connectivity index (χ0v) is 12.6. The number of allylic oxidation sites excluding steroid dienone is 1. The van der Waals surface area contributed by atoms with E-state index >= 15 is 0 Å². The smallest absolute Gasteiger partial charge is 0.153 e. The summed E-state index contributed by atoms with van der Waals surface area (Å²) in [6.45, 7) is 2.84. The van der Waals surface area contributed by atoms with Crippen LogP contribution in [0.1, 0.15) is 39.0 Å². The molecule has 0 amide bonds. The molecule has 1 unspecified atom stereocenters. The molecule has 0 radical (unpaired) electrons. The predicted octanol–water partition coefficient (Wildman–Crippen LogP) is 3.75. The summed E-state index contributed by atoms with van der Waals surface area (Å²) in [5, 5.41) is 3.36. The molecule has 0 saturated carbocycles. The van der Waals surface area contributed by atoms with Crippen molar-refractivity contribution in [2.75, 3.05) is 17.6 Å². The number of anilines is 2. The lowest BCUT2D eigenvalue weighted by Crippen LogP contribution is -2.35. The van der Waals surface area contributed by atoms with E-state index in [1.165, 1.54) is 25.7 Å². The van der Waals surface area contributed by atoms with Gasteiger partial charge < -0.3 is 15.8 Å². The number of nitrogen functional groups attached to an aromatic ring is 1. The second-order valence-electron chi connectivity index (χ2n) is 5.77. The Bertz CT molecular complexity index is 577. The van der Waals surface area contributed by atoms with Gasteiger partial charge in [0.25, 0.3) is 0 Å². The standard InChI is InChI=1S/C17H23N3O/c1-12-17(19-10-9-13-5-3-2-4-6-13)20-15-8-7-14(18)11-16(15)21-12/h5,7-8,11-12H,2-4,6,9-10,18H2,1H3,(H,19,20). The quantitative estimate of drug-likeness (QED) is 0.657. The van der Waals surface area contributed by atoms with Crippen molar-refractivity contribution in [3.63, 3.8) is 0 Å². The van der Waals surface area contributed by atoms with Crippen LogP contribution in [0, 0.1) is 0 Å². The van der Waals surface area contributed by atoms with Crippen molar-refractivity contribution in [3.8, 4) is 5.75 Å². The Labute approximate surface area is 126 Å². The highest BCUT2D eigenvalue weighted by atomic mass is 16.5. The molecular formula is C17H23N3O. The van der Waals surface area contributed by atoms with Gasteiger partial charge in [-0.3, -0.25) is 4.99 Å². The maximum absolute atomic E-state index is 5.88. The van der Waals surface area contributed by atoms with Crippen LogP contribution in [-0.2, 0) is 0 Å². The monoisotopic (exact) mass is 285 g/mol. The number of hydrogen-bond donors (Lipinski definition) is 2. The molecule has 0 bridgehead atoms. The minimum atomic E-state index is -0.0559. The number of ether oxygens (including phenoxy) is 1. The van der Waals surface area contributed by atoms with Crippen molar-refractivity contribution in [3.05, 3.63) is 29.8 Å². The van der Waals surface area contributed by atoms with Gasteiger partial charge in [0.2, 0.25) is 0 Å². The van der Waals surface area contributed by atoms with E-state index in [2.05, 4.69) is 16.4 Å². The van der Waals surface area contributed by atoms with Gasteiger partial charge in [-0.05, 0) is 51.2 Å². The van der Waals surface area contributed by atoms with Gasteiger partial charge in [-0.15, -0.1) is 0 Å². The molecule has 1 aromatic carbocycles. The summed E-state index contributed by atoms with van der Waals surface area (Å²) in [7, 11) is 0. The van der Waals surface area contributed by atoms with E-state index in [4.69, 9.17) is 10.5 Å². The van der Waals surface area contributed by atoms with Crippen molar-refractivity contribution < 1.29 is 4.74 Å². The second kappa shape index (κ2) is 6.20. The third-order valence-corrected chi connectivity index (χ3v) is 4.06. The van der Waals surface area contributed by atoms with Crippen LogP contribution in [0.2, 0.25) is 0 Å². The van der Waals surface area contributed by atoms with E-state index in [1.807, 2.05) is 25.1 Å². The fourth-order valence-electron chi connectivity index (χ4n) is 2.85. The Kier molecular flexibility index (Phi) is 4.13. The molecule has 4 nitrogen and oxygen atoms in total. The minimum absolute atomic E-state index is 0.0559. The second-order valence-corrected chi connectivity index (χ2v) is 5.77. The average Bonchev–Trinajstić information content (AvgIpc) is 2.49. The molecule has 1 atom stereocenters. The van der Waals surface area contributed by atoms with Gasteiger partial charge in [0, 0.05) is 18.3 Å². The third-order valence-electron chi connectivity index (χ3n) is 4.06. The predicted molar refractivity (Wildman–Crippen MR) is 88.0 cm³/mol. The first-order valence-electron chi connectivity index (χ1n) is 7.78. The molecule has 1 heterocycles. The summed E-state index contributed by atoms with van der Waals surface area (Å²) < 4.78 is 5.88. The van der Waals surface area contributed by atoms with Crippen LogP contribution in [0.3, 0.4) is 0 Å². The highest BCUT2D eigenvalue weighted by Crippen LogP contribution is 2.31. The third kappa shape index (κ3) is 3.38. The molecule has 0 spiro atoms. The lowest BCUT2D eigenvalue weighted by molar-refractivity contribution is 0.282. The summed E-state index contributed by atoms with van der Waals surface area (Å²) in [6.07, 6.45) is 8.53. The van der Waals surface area contributed by atoms with Gasteiger partial charge in [0.15, 0.2) is 6.10 Å². The van der Waals surface area contributed by atoms with Crippen LogP contribution < -0.4 is 15.8 Å². The molecule has 3 rings (SSSR count). The molecular weight excluding hydrogens is 262 g/mol. The van der Waals surface area contributed by atoms with Gasteiger partial charge in [-0.2, -0.15) is 0 Å². The molecule has 1 aliphatic carbocycles. The molecule has 0 fully saturated rings. The molecule has 2 aliphatic rings. The molecule has 112 valence electrons. The van der Waals surface area contributed by atoms with E-state index in [-0.39, 0.29) is 6.10 Å². The normalized spacial score (nSPS) is 23.0. The Hall–Kier alpha value is -1.97. The topological polar surface area (TPSA) is 59.6 Å². The zero-order chi connectivity index (χ0) is 14.7. The highest BCUT2D eigenvalue weighted by Gasteiger charge is 2.21. The van der Waals surface area contributed by atoms with Gasteiger partial charge in [-0.25, -0.2) is 0 Å². The van der Waals surface area contributed by atoms with E-state index in [0.717, 1.165) is 30.2 Å². The van der Waals surface area contributed by atoms with Gasteiger partial charge in [-0.1, -0.05) is 11.6 Å². The fraction of sp³-hybridized carbons (Fsp3) is 0.471. The van der Waals surface area contributed by atoms with Crippen LogP contribution in [0.4, 0.5) is 11.4 Å². The van der Waals surface area contributed by atoms with Crippen LogP contribution in [0.5, 0.6) is 5.75 Å². The SMILES string of the molecule is CC1Oc2cc(N)ccc2NC1=NCCC1=CCCCC1. The number of rotatable bonds is 3. The number of benzene rings is 1. The zero-order valence-electron chi connectivity index (χ0n) is 12.6. The van der Waals surface area contributed by atoms with Gasteiger partial charge in [0.05, 0.1) is 5.69 Å². The van der Waals surface area contributed by atoms with Crippen molar-refractivity contribution in [2.45, 2.75) is 45.1 Å². The van der Waals surface area contributed by atoms with Crippen LogP contribution >= 0.6 is 0 Å². The van der Waals surface area contributed by atoms with Crippen molar-refractivity contribution >= 4 is 17.2 Å². The highest BCUT2D eigenvalue weighted by molar-refractivity contribution is 6.01. The molecule has 21 heavy (non-hydrogen) atoms. The number of aliphatic imine (C=N–C) groups is 1. The number of nitrogens with one attached hydrogen (secondary N) is 1. The number of amidine groups is 1. The summed E-state index contributed by atoms with van der Waals surface area (Å²) in [5.74, 6) is 1.71. The lowest BCUT2D eigenvalue weighted by atomic mass is 9.97. The van der Waals surface area contributed by atoms with E-state index < -0.39 is 0 Å². The fourth-order valence-corrected chi connectivity index (χ4v) is 2.85. The minimum Gasteiger partial charge on any atom is -0.481 e. The Morgan fingerprint density at radius 2 is 2.29 bits per heavy atom. The van der Waals surface area contributed by atoms with Crippen molar-refractivity contribution in [1.29, 1.82) is 0 Å². The Morgan fingerprint density at radius 3 is 3.10 bits per heavy atom. The van der Waals surface area contributed by atoms with Crippen LogP contribution in [0.25, 0.3) is 0 Å². The van der Waals surface area contributed by atoms with Crippen LogP contribution in [-0.4, -0.2) is 18.5 Å². The van der Waals surface area contributed by atoms with Crippen molar-refractivity contribution in [2.24, 2.45) is 4.99 Å². The Morgan fingerprint density at radius 1 is 1.38 bits per heavy atom. The molecule has 3 N–H and O–H groups in total. The summed E-state index contributed by atoms with van der Waals surface area (Å²) in [4.78, 5) is 4.69. The first kappa shape index (κ1) is 14.0. The molecule has 0 aromatic heterocycles. The molecule has 1 aliphatic heterocycles. The number of fused-ring (bicyclic) bond motifs is 1. The maximum Gasteiger partial charge on any atom is 0.153 e. The number of hydrogen-bond acceptors (Lipinski definition) is 3. The number of nitrogens with two attached hydrogens (primary N) is 1. The average molecular weight is 285 g/mol. The van der Waals surface area contributed by atoms with Gasteiger partial charge >= 0.3 is 0 Å². The van der Waals surface area contributed by atoms with Crippen LogP contribution in [0.15, 0.2) is 34.8 Å². The molecule has 4 heteroatoms. The maximum atomic E-state index is 5.88. The van der Waals surface area contributed by atoms with Crippen molar-refractivity contribution in [1.82, 2.24) is 0 Å². The Balaban J connectivity index is 1.64. The van der Waals surface area contributed by atoms with E-state index in [9.17, 15) is 0 Å². The van der Waals surface area contributed by atoms with E-state index in [0.29, 0.717) is 5.69 Å². The summed E-state index contributed by atoms with van der Waals surface area (Å²) in [5.41, 5.74) is 9.00. The molecule has 0 saturated heterocycles. The van der Waals surface area contributed by atoms with Gasteiger partial charge in [0.1, 0.15) is 11.6 Å². The largest absolute Gasteiger partial charge is 0.481 e. The first-order valence-corrected chi connectivity index (χ1v) is 7.78. The van der Waals surface area contributed by atoms with E-state index in [1.54, 1.807) is 5.57 Å². The molecule has 1 aromatic rings. The summed E-state index contributed by atoms with van der Waals surface area (Å²) >= 11 is 0. The number of nitrogens with zero attached hydrogens (tertiary/aromatic N) is 1.